The van der Waals surface area contributed by atoms with Crippen LogP contribution in [0.1, 0.15) is 19.8 Å². The van der Waals surface area contributed by atoms with Crippen molar-refractivity contribution in [3.63, 3.8) is 0 Å². The fourth-order valence-corrected chi connectivity index (χ4v) is 1.86. The number of aryl methyl sites for hydroxylation is 1. The number of hydrogen-bond donors (Lipinski definition) is 1. The van der Waals surface area contributed by atoms with E-state index in [1.165, 1.54) is 10.8 Å². The molecule has 0 aliphatic rings. The number of nitro groups is 1. The lowest BCUT2D eigenvalue weighted by Gasteiger charge is -2.10. The van der Waals surface area contributed by atoms with Crippen molar-refractivity contribution in [2.24, 2.45) is 5.92 Å². The topological polar surface area (TPSA) is 78.0 Å². The SMILES string of the molecule is CC(CCS)CCn1cc([N+](=O)[O-])cnc1=O. The summed E-state index contributed by atoms with van der Waals surface area (Å²) in [6, 6.07) is 0. The minimum Gasteiger partial charge on any atom is -0.292 e. The summed E-state index contributed by atoms with van der Waals surface area (Å²) in [6.07, 6.45) is 3.96. The highest BCUT2D eigenvalue weighted by Gasteiger charge is 2.09. The molecule has 0 spiro atoms. The highest BCUT2D eigenvalue weighted by molar-refractivity contribution is 7.80. The van der Waals surface area contributed by atoms with E-state index in [-0.39, 0.29) is 5.69 Å². The number of aromatic nitrogens is 2. The Morgan fingerprint density at radius 3 is 2.88 bits per heavy atom. The van der Waals surface area contributed by atoms with Crippen LogP contribution in [0.15, 0.2) is 17.2 Å². The summed E-state index contributed by atoms with van der Waals surface area (Å²) >= 11 is 4.13. The van der Waals surface area contributed by atoms with Crippen LogP contribution in [0.3, 0.4) is 0 Å². The maximum atomic E-state index is 11.4. The average molecular weight is 257 g/mol. The molecule has 0 N–H and O–H groups in total. The smallest absolute Gasteiger partial charge is 0.292 e. The summed E-state index contributed by atoms with van der Waals surface area (Å²) in [5, 5.41) is 10.5. The van der Waals surface area contributed by atoms with Gasteiger partial charge in [0.25, 0.3) is 0 Å². The fraction of sp³-hybridized carbons (Fsp3) is 0.600. The summed E-state index contributed by atoms with van der Waals surface area (Å²) in [5.74, 6) is 1.22. The van der Waals surface area contributed by atoms with Crippen molar-refractivity contribution < 1.29 is 4.92 Å². The van der Waals surface area contributed by atoms with Crippen LogP contribution in [0.5, 0.6) is 0 Å². The van der Waals surface area contributed by atoms with Gasteiger partial charge in [0.1, 0.15) is 6.20 Å². The molecule has 1 aromatic rings. The zero-order valence-corrected chi connectivity index (χ0v) is 10.5. The van der Waals surface area contributed by atoms with E-state index < -0.39 is 10.6 Å². The molecule has 0 aliphatic heterocycles. The molecule has 1 atom stereocenters. The molecule has 17 heavy (non-hydrogen) atoms. The Labute approximate surface area is 104 Å². The maximum absolute atomic E-state index is 11.4. The summed E-state index contributed by atoms with van der Waals surface area (Å²) in [4.78, 5) is 24.8. The van der Waals surface area contributed by atoms with Gasteiger partial charge in [-0.2, -0.15) is 17.6 Å². The van der Waals surface area contributed by atoms with Crippen molar-refractivity contribution in [2.45, 2.75) is 26.3 Å². The van der Waals surface area contributed by atoms with Crippen LogP contribution in [-0.2, 0) is 6.54 Å². The molecule has 1 heterocycles. The monoisotopic (exact) mass is 257 g/mol. The number of hydrogen-bond acceptors (Lipinski definition) is 5. The van der Waals surface area contributed by atoms with E-state index in [9.17, 15) is 14.9 Å². The van der Waals surface area contributed by atoms with Gasteiger partial charge in [-0.05, 0) is 24.5 Å². The predicted octanol–water partition coefficient (Wildman–Crippen LogP) is 1.50. The standard InChI is InChI=1S/C10H15N3O3S/c1-8(3-5-17)2-4-12-7-9(13(15)16)6-11-10(12)14/h6-8,17H,2-5H2,1H3. The van der Waals surface area contributed by atoms with Crippen molar-refractivity contribution in [1.82, 2.24) is 9.55 Å². The van der Waals surface area contributed by atoms with Crippen LogP contribution in [0.4, 0.5) is 5.69 Å². The molecule has 94 valence electrons. The Balaban J connectivity index is 2.73. The molecule has 0 aromatic carbocycles. The molecule has 7 heteroatoms. The van der Waals surface area contributed by atoms with E-state index in [1.807, 2.05) is 0 Å². The molecule has 6 nitrogen and oxygen atoms in total. The van der Waals surface area contributed by atoms with Crippen molar-refractivity contribution in [2.75, 3.05) is 5.75 Å². The number of thiol groups is 1. The van der Waals surface area contributed by atoms with Crippen LogP contribution >= 0.6 is 12.6 Å². The van der Waals surface area contributed by atoms with Crippen LogP contribution < -0.4 is 5.69 Å². The summed E-state index contributed by atoms with van der Waals surface area (Å²) < 4.78 is 1.28. The van der Waals surface area contributed by atoms with Gasteiger partial charge in [0.15, 0.2) is 0 Å². The van der Waals surface area contributed by atoms with E-state index in [0.29, 0.717) is 12.5 Å². The van der Waals surface area contributed by atoms with Gasteiger partial charge in [-0.3, -0.25) is 14.7 Å². The zero-order valence-electron chi connectivity index (χ0n) is 9.57. The highest BCUT2D eigenvalue weighted by atomic mass is 32.1. The first-order valence-corrected chi connectivity index (χ1v) is 5.99. The van der Waals surface area contributed by atoms with E-state index in [1.54, 1.807) is 0 Å². The quantitative estimate of drug-likeness (QED) is 0.476. The van der Waals surface area contributed by atoms with Crippen LogP contribution in [0.2, 0.25) is 0 Å². The van der Waals surface area contributed by atoms with E-state index in [0.717, 1.165) is 24.8 Å². The molecule has 1 rings (SSSR count). The summed E-state index contributed by atoms with van der Waals surface area (Å²) in [5.41, 5.74) is -0.611. The first kappa shape index (κ1) is 13.7. The molecule has 0 fully saturated rings. The van der Waals surface area contributed by atoms with Crippen LogP contribution in [0, 0.1) is 16.0 Å². The molecule has 0 amide bonds. The molecular weight excluding hydrogens is 242 g/mol. The average Bonchev–Trinajstić information content (AvgIpc) is 2.28. The van der Waals surface area contributed by atoms with Gasteiger partial charge in [0, 0.05) is 6.54 Å². The first-order valence-electron chi connectivity index (χ1n) is 5.36. The highest BCUT2D eigenvalue weighted by Crippen LogP contribution is 2.10. The largest absolute Gasteiger partial charge is 0.347 e. The second-order valence-corrected chi connectivity index (χ2v) is 4.40. The van der Waals surface area contributed by atoms with Gasteiger partial charge in [0.2, 0.25) is 0 Å². The summed E-state index contributed by atoms with van der Waals surface area (Å²) in [6.45, 7) is 2.51. The Bertz CT molecular complexity index is 447. The Kier molecular flexibility index (Phi) is 5.14. The third-order valence-electron chi connectivity index (χ3n) is 2.54. The van der Waals surface area contributed by atoms with E-state index in [4.69, 9.17) is 0 Å². The number of nitrogens with zero attached hydrogens (tertiary/aromatic N) is 3. The van der Waals surface area contributed by atoms with Gasteiger partial charge in [0.05, 0.1) is 11.1 Å². The molecular formula is C10H15N3O3S. The van der Waals surface area contributed by atoms with Gasteiger partial charge >= 0.3 is 11.4 Å². The fourth-order valence-electron chi connectivity index (χ4n) is 1.42. The summed E-state index contributed by atoms with van der Waals surface area (Å²) in [7, 11) is 0. The van der Waals surface area contributed by atoms with Gasteiger partial charge in [-0.25, -0.2) is 4.79 Å². The molecule has 0 saturated carbocycles. The lowest BCUT2D eigenvalue weighted by Crippen LogP contribution is -2.23. The van der Waals surface area contributed by atoms with Gasteiger partial charge < -0.3 is 0 Å². The van der Waals surface area contributed by atoms with Crippen LogP contribution in [-0.4, -0.2) is 20.2 Å². The van der Waals surface area contributed by atoms with Crippen LogP contribution in [0.25, 0.3) is 0 Å². The molecule has 0 radical (unpaired) electrons. The Morgan fingerprint density at radius 1 is 1.59 bits per heavy atom. The maximum Gasteiger partial charge on any atom is 0.347 e. The second kappa shape index (κ2) is 6.39. The van der Waals surface area contributed by atoms with Gasteiger partial charge in [-0.1, -0.05) is 6.92 Å². The third-order valence-corrected chi connectivity index (χ3v) is 2.79. The minimum absolute atomic E-state index is 0.161. The third kappa shape index (κ3) is 4.18. The first-order chi connectivity index (χ1) is 8.04. The Hall–Kier alpha value is -1.37. The predicted molar refractivity (Wildman–Crippen MR) is 67.4 cm³/mol. The molecule has 1 aromatic heterocycles. The van der Waals surface area contributed by atoms with E-state index >= 15 is 0 Å². The molecule has 1 unspecified atom stereocenters. The minimum atomic E-state index is -0.555. The zero-order chi connectivity index (χ0) is 12.8. The van der Waals surface area contributed by atoms with Crippen molar-refractivity contribution in [1.29, 1.82) is 0 Å². The lowest BCUT2D eigenvalue weighted by molar-refractivity contribution is -0.385. The lowest BCUT2D eigenvalue weighted by atomic mass is 10.1. The molecule has 0 bridgehead atoms. The Morgan fingerprint density at radius 2 is 2.29 bits per heavy atom. The van der Waals surface area contributed by atoms with Gasteiger partial charge in [-0.15, -0.1) is 0 Å². The molecule has 0 saturated heterocycles. The molecule has 0 aliphatic carbocycles. The van der Waals surface area contributed by atoms with Crippen molar-refractivity contribution in [3.8, 4) is 0 Å². The second-order valence-electron chi connectivity index (χ2n) is 3.95. The van der Waals surface area contributed by atoms with E-state index in [2.05, 4.69) is 24.5 Å². The van der Waals surface area contributed by atoms with Crippen molar-refractivity contribution in [3.05, 3.63) is 33.0 Å². The number of rotatable bonds is 6. The normalized spacial score (nSPS) is 12.4. The van der Waals surface area contributed by atoms with Crippen molar-refractivity contribution >= 4 is 18.3 Å².